The number of aryl methyl sites for hydroxylation is 1. The van der Waals surface area contributed by atoms with Gasteiger partial charge < -0.3 is 4.74 Å². The lowest BCUT2D eigenvalue weighted by Gasteiger charge is -2.01. The molecule has 0 N–H and O–H groups in total. The number of hydrogen-bond donors (Lipinski definition) is 0. The van der Waals surface area contributed by atoms with Crippen molar-refractivity contribution in [1.82, 2.24) is 0 Å². The van der Waals surface area contributed by atoms with Crippen molar-refractivity contribution in [3.63, 3.8) is 0 Å². The van der Waals surface area contributed by atoms with E-state index in [-0.39, 0.29) is 0 Å². The summed E-state index contributed by atoms with van der Waals surface area (Å²) in [7, 11) is 0. The van der Waals surface area contributed by atoms with Crippen LogP contribution in [0.2, 0.25) is 0 Å². The van der Waals surface area contributed by atoms with Crippen molar-refractivity contribution in [3.8, 4) is 0 Å². The summed E-state index contributed by atoms with van der Waals surface area (Å²) >= 11 is 5.04. The first-order valence-corrected chi connectivity index (χ1v) is 7.58. The predicted molar refractivity (Wildman–Crippen MR) is 83.8 cm³/mol. The number of carbonyl (C=O) groups is 1. The van der Waals surface area contributed by atoms with Gasteiger partial charge >= 0.3 is 5.97 Å². The summed E-state index contributed by atoms with van der Waals surface area (Å²) < 4.78 is 6.08. The highest BCUT2D eigenvalue weighted by Crippen LogP contribution is 2.25. The first-order valence-electron chi connectivity index (χ1n) is 5.97. The highest BCUT2D eigenvalue weighted by molar-refractivity contribution is 9.10. The molecule has 0 bridgehead atoms. The minimum absolute atomic E-state index is 0.331. The number of hydrogen-bond acceptors (Lipinski definition) is 4. The van der Waals surface area contributed by atoms with E-state index in [1.54, 1.807) is 17.4 Å². The van der Waals surface area contributed by atoms with Crippen LogP contribution in [0.1, 0.15) is 15.3 Å². The van der Waals surface area contributed by atoms with E-state index in [9.17, 15) is 4.79 Å². The second kappa shape index (κ2) is 5.34. The zero-order valence-electron chi connectivity index (χ0n) is 10.6. The number of nitrogens with zero attached hydrogens (tertiary/aromatic N) is 1. The maximum absolute atomic E-state index is 11.9. The van der Waals surface area contributed by atoms with Gasteiger partial charge in [-0.25, -0.2) is 9.79 Å². The molecule has 0 saturated heterocycles. The molecule has 1 aromatic carbocycles. The van der Waals surface area contributed by atoms with Gasteiger partial charge in [-0.2, -0.15) is 0 Å². The van der Waals surface area contributed by atoms with Crippen molar-refractivity contribution < 1.29 is 9.53 Å². The number of carbonyl (C=O) groups excluding carboxylic acids is 1. The maximum atomic E-state index is 11.9. The average molecular weight is 348 g/mol. The quantitative estimate of drug-likeness (QED) is 0.604. The molecule has 100 valence electrons. The number of esters is 1. The first kappa shape index (κ1) is 13.3. The molecule has 0 atom stereocenters. The van der Waals surface area contributed by atoms with Gasteiger partial charge in [0.1, 0.15) is 0 Å². The van der Waals surface area contributed by atoms with Gasteiger partial charge in [0.15, 0.2) is 5.70 Å². The van der Waals surface area contributed by atoms with Crippen molar-refractivity contribution >= 4 is 45.2 Å². The van der Waals surface area contributed by atoms with Crippen LogP contribution in [0.5, 0.6) is 0 Å². The second-order valence-corrected chi connectivity index (χ2v) is 6.44. The van der Waals surface area contributed by atoms with Crippen LogP contribution >= 0.6 is 27.3 Å². The standard InChI is InChI=1S/C15H10BrNO2S/c1-9-6-7-10(20-9)8-13-15(18)19-14(17-13)11-4-2-3-5-12(11)16/h2-8H,1H3/b13-8-. The molecule has 1 aromatic heterocycles. The van der Waals surface area contributed by atoms with Crippen molar-refractivity contribution in [2.75, 3.05) is 0 Å². The van der Waals surface area contributed by atoms with Gasteiger partial charge in [-0.15, -0.1) is 11.3 Å². The number of ether oxygens (including phenoxy) is 1. The molecule has 20 heavy (non-hydrogen) atoms. The number of rotatable bonds is 2. The van der Waals surface area contributed by atoms with Crippen LogP contribution in [-0.4, -0.2) is 11.9 Å². The van der Waals surface area contributed by atoms with Gasteiger partial charge in [-0.3, -0.25) is 0 Å². The molecule has 0 amide bonds. The predicted octanol–water partition coefficient (Wildman–Crippen LogP) is 4.16. The van der Waals surface area contributed by atoms with Crippen LogP contribution in [0.3, 0.4) is 0 Å². The Kier molecular flexibility index (Phi) is 3.54. The fraction of sp³-hybridized carbons (Fsp3) is 0.0667. The zero-order chi connectivity index (χ0) is 14.1. The number of thiophene rings is 1. The molecular formula is C15H10BrNO2S. The van der Waals surface area contributed by atoms with Crippen molar-refractivity contribution in [1.29, 1.82) is 0 Å². The maximum Gasteiger partial charge on any atom is 0.363 e. The smallest absolute Gasteiger partial charge is 0.363 e. The summed E-state index contributed by atoms with van der Waals surface area (Å²) in [6.07, 6.45) is 1.75. The normalized spacial score (nSPS) is 16.4. The molecule has 1 aliphatic heterocycles. The molecule has 0 fully saturated rings. The molecule has 3 nitrogen and oxygen atoms in total. The zero-order valence-corrected chi connectivity index (χ0v) is 13.0. The molecule has 0 spiro atoms. The lowest BCUT2D eigenvalue weighted by atomic mass is 10.2. The van der Waals surface area contributed by atoms with E-state index in [4.69, 9.17) is 4.74 Å². The topological polar surface area (TPSA) is 38.7 Å². The Morgan fingerprint density at radius 3 is 2.75 bits per heavy atom. The Balaban J connectivity index is 1.97. The van der Waals surface area contributed by atoms with Crippen molar-refractivity contribution in [3.05, 3.63) is 61.9 Å². The van der Waals surface area contributed by atoms with Crippen LogP contribution in [-0.2, 0) is 9.53 Å². The van der Waals surface area contributed by atoms with Gasteiger partial charge in [0.05, 0.1) is 5.56 Å². The molecule has 1 aliphatic rings. The molecule has 2 heterocycles. The molecule has 0 aliphatic carbocycles. The molecule has 0 radical (unpaired) electrons. The van der Waals surface area contributed by atoms with E-state index in [0.29, 0.717) is 11.6 Å². The molecule has 0 saturated carbocycles. The van der Waals surface area contributed by atoms with E-state index in [1.165, 1.54) is 4.88 Å². The summed E-state index contributed by atoms with van der Waals surface area (Å²) in [5.74, 6) is -0.0798. The highest BCUT2D eigenvalue weighted by Gasteiger charge is 2.25. The van der Waals surface area contributed by atoms with Crippen molar-refractivity contribution in [2.45, 2.75) is 6.92 Å². The molecule has 0 unspecified atom stereocenters. The third kappa shape index (κ3) is 2.59. The lowest BCUT2D eigenvalue weighted by molar-refractivity contribution is -0.129. The minimum Gasteiger partial charge on any atom is -0.402 e. The molecule has 5 heteroatoms. The van der Waals surface area contributed by atoms with Gasteiger partial charge in [0.25, 0.3) is 0 Å². The third-order valence-electron chi connectivity index (χ3n) is 2.76. The van der Waals surface area contributed by atoms with Gasteiger partial charge in [0.2, 0.25) is 5.90 Å². The molecule has 3 rings (SSSR count). The van der Waals surface area contributed by atoms with Gasteiger partial charge in [0, 0.05) is 14.2 Å². The van der Waals surface area contributed by atoms with Gasteiger partial charge in [-0.05, 0) is 53.2 Å². The lowest BCUT2D eigenvalue weighted by Crippen LogP contribution is -2.05. The van der Waals surface area contributed by atoms with Crippen molar-refractivity contribution in [2.24, 2.45) is 4.99 Å². The number of cyclic esters (lactones) is 1. The Morgan fingerprint density at radius 1 is 1.25 bits per heavy atom. The van der Waals surface area contributed by atoms with Crippen LogP contribution in [0.15, 0.2) is 51.6 Å². The monoisotopic (exact) mass is 347 g/mol. The summed E-state index contributed by atoms with van der Waals surface area (Å²) in [5.41, 5.74) is 1.10. The van der Waals surface area contributed by atoms with E-state index in [0.717, 1.165) is 14.9 Å². The van der Waals surface area contributed by atoms with E-state index in [2.05, 4.69) is 20.9 Å². The van der Waals surface area contributed by atoms with Crippen LogP contribution in [0.4, 0.5) is 0 Å². The van der Waals surface area contributed by atoms with E-state index >= 15 is 0 Å². The highest BCUT2D eigenvalue weighted by atomic mass is 79.9. The molecule has 2 aromatic rings. The number of aliphatic imine (C=N–C) groups is 1. The van der Waals surface area contributed by atoms with Crippen LogP contribution in [0, 0.1) is 6.92 Å². The third-order valence-corrected chi connectivity index (χ3v) is 4.40. The fourth-order valence-electron chi connectivity index (χ4n) is 1.82. The van der Waals surface area contributed by atoms with Crippen LogP contribution in [0.25, 0.3) is 6.08 Å². The first-order chi connectivity index (χ1) is 9.63. The summed E-state index contributed by atoms with van der Waals surface area (Å²) in [6.45, 7) is 2.02. The Hall–Kier alpha value is -1.72. The van der Waals surface area contributed by atoms with Crippen LogP contribution < -0.4 is 0 Å². The SMILES string of the molecule is Cc1ccc(/C=C2\N=C(c3ccccc3Br)OC2=O)s1. The Morgan fingerprint density at radius 2 is 2.05 bits per heavy atom. The molecular weight excluding hydrogens is 338 g/mol. The minimum atomic E-state index is -0.415. The van der Waals surface area contributed by atoms with E-state index < -0.39 is 5.97 Å². The largest absolute Gasteiger partial charge is 0.402 e. The fourth-order valence-corrected chi connectivity index (χ4v) is 3.09. The Labute approximate surface area is 128 Å². The number of benzene rings is 1. The Bertz CT molecular complexity index is 746. The van der Waals surface area contributed by atoms with E-state index in [1.807, 2.05) is 43.3 Å². The summed E-state index contributed by atoms with van der Waals surface area (Å²) in [6, 6.07) is 11.5. The number of halogens is 1. The van der Waals surface area contributed by atoms with Gasteiger partial charge in [-0.1, -0.05) is 12.1 Å². The average Bonchev–Trinajstić information content (AvgIpc) is 2.98. The second-order valence-electron chi connectivity index (χ2n) is 4.26. The summed E-state index contributed by atoms with van der Waals surface area (Å²) in [5, 5.41) is 0. The summed E-state index contributed by atoms with van der Waals surface area (Å²) in [4.78, 5) is 18.3.